The molecule has 1 saturated carbocycles. The van der Waals surface area contributed by atoms with Crippen LogP contribution in [0.25, 0.3) is 6.08 Å². The van der Waals surface area contributed by atoms with E-state index in [1.54, 1.807) is 0 Å². The molecule has 5 rings (SSSR count). The lowest BCUT2D eigenvalue weighted by molar-refractivity contribution is 0.111. The highest BCUT2D eigenvalue weighted by atomic mass is 19.1. The van der Waals surface area contributed by atoms with Crippen molar-refractivity contribution < 1.29 is 9.18 Å². The third-order valence-corrected chi connectivity index (χ3v) is 5.71. The first kappa shape index (κ1) is 16.2. The highest BCUT2D eigenvalue weighted by Crippen LogP contribution is 2.45. The second-order valence-corrected chi connectivity index (χ2v) is 7.39. The van der Waals surface area contributed by atoms with Crippen LogP contribution in [-0.4, -0.2) is 16.1 Å². The summed E-state index contributed by atoms with van der Waals surface area (Å²) in [6.07, 6.45) is 7.91. The summed E-state index contributed by atoms with van der Waals surface area (Å²) in [6.45, 7) is 0. The Hall–Kier alpha value is -3.01. The van der Waals surface area contributed by atoms with Crippen LogP contribution in [-0.2, 0) is 11.8 Å². The Bertz CT molecular complexity index is 1030. The van der Waals surface area contributed by atoms with Crippen molar-refractivity contribution in [3.8, 4) is 0 Å². The molecule has 4 heteroatoms. The third-order valence-electron chi connectivity index (χ3n) is 5.71. The van der Waals surface area contributed by atoms with Gasteiger partial charge in [-0.05, 0) is 36.1 Å². The lowest BCUT2D eigenvalue weighted by atomic mass is 9.68. The number of halogens is 1. The highest BCUT2D eigenvalue weighted by molar-refractivity contribution is 5.81. The number of carbonyl (C=O) groups is 1. The van der Waals surface area contributed by atoms with E-state index in [0.29, 0.717) is 18.2 Å². The van der Waals surface area contributed by atoms with Gasteiger partial charge in [-0.25, -0.2) is 4.39 Å². The molecule has 27 heavy (non-hydrogen) atoms. The summed E-state index contributed by atoms with van der Waals surface area (Å²) in [4.78, 5) is 11.5. The van der Waals surface area contributed by atoms with E-state index in [1.165, 1.54) is 12.1 Å². The standard InChI is InChI=1S/C23H19FN2O/c24-18-8-6-17(7-9-18)23(16-4-2-1-3-5-16)13-12-20-21(15-27)25-26(19-10-11-19)22(20)14-23/h1-9,12-13,15,19H,10-11,14H2. The predicted octanol–water partition coefficient (Wildman–Crippen LogP) is 4.73. The van der Waals surface area contributed by atoms with E-state index < -0.39 is 5.41 Å². The van der Waals surface area contributed by atoms with Crippen LogP contribution in [0, 0.1) is 5.82 Å². The zero-order valence-corrected chi connectivity index (χ0v) is 14.8. The van der Waals surface area contributed by atoms with Gasteiger partial charge < -0.3 is 0 Å². The molecule has 3 nitrogen and oxygen atoms in total. The molecule has 0 bridgehead atoms. The van der Waals surface area contributed by atoms with Gasteiger partial charge >= 0.3 is 0 Å². The molecular formula is C23H19FN2O. The fraction of sp³-hybridized carbons (Fsp3) is 0.217. The molecule has 0 N–H and O–H groups in total. The molecule has 0 spiro atoms. The van der Waals surface area contributed by atoms with Crippen LogP contribution in [0.1, 0.15) is 51.8 Å². The van der Waals surface area contributed by atoms with E-state index in [4.69, 9.17) is 0 Å². The van der Waals surface area contributed by atoms with Gasteiger partial charge in [0.15, 0.2) is 6.29 Å². The quantitative estimate of drug-likeness (QED) is 0.632. The lowest BCUT2D eigenvalue weighted by Gasteiger charge is -2.35. The molecule has 0 radical (unpaired) electrons. The molecule has 3 aromatic rings. The van der Waals surface area contributed by atoms with Gasteiger partial charge in [0.25, 0.3) is 0 Å². The number of aromatic nitrogens is 2. The second kappa shape index (κ2) is 6.02. The second-order valence-electron chi connectivity index (χ2n) is 7.39. The van der Waals surface area contributed by atoms with Crippen molar-refractivity contribution in [2.45, 2.75) is 30.7 Å². The van der Waals surface area contributed by atoms with Crippen molar-refractivity contribution in [3.05, 3.63) is 94.6 Å². The average Bonchev–Trinajstić information content (AvgIpc) is 3.50. The molecule has 0 aliphatic heterocycles. The Morgan fingerprint density at radius 3 is 2.41 bits per heavy atom. The van der Waals surface area contributed by atoms with Crippen LogP contribution >= 0.6 is 0 Å². The molecule has 2 aliphatic carbocycles. The molecule has 0 saturated heterocycles. The first-order chi connectivity index (χ1) is 13.2. The summed E-state index contributed by atoms with van der Waals surface area (Å²) < 4.78 is 15.6. The van der Waals surface area contributed by atoms with E-state index >= 15 is 0 Å². The maximum atomic E-state index is 13.6. The Labute approximate surface area is 157 Å². The molecular weight excluding hydrogens is 339 g/mol. The van der Waals surface area contributed by atoms with Crippen LogP contribution < -0.4 is 0 Å². The number of nitrogens with zero attached hydrogens (tertiary/aromatic N) is 2. The first-order valence-electron chi connectivity index (χ1n) is 9.29. The van der Waals surface area contributed by atoms with E-state index in [0.717, 1.165) is 41.5 Å². The van der Waals surface area contributed by atoms with E-state index in [2.05, 4.69) is 23.3 Å². The minimum atomic E-state index is -0.408. The fourth-order valence-electron chi connectivity index (χ4n) is 4.16. The zero-order valence-electron chi connectivity index (χ0n) is 14.8. The normalized spacial score (nSPS) is 21.1. The van der Waals surface area contributed by atoms with E-state index in [-0.39, 0.29) is 5.82 Å². The van der Waals surface area contributed by atoms with Crippen LogP contribution in [0.3, 0.4) is 0 Å². The minimum Gasteiger partial charge on any atom is -0.296 e. The summed E-state index contributed by atoms with van der Waals surface area (Å²) in [5, 5.41) is 4.58. The van der Waals surface area contributed by atoms with Crippen molar-refractivity contribution in [3.63, 3.8) is 0 Å². The largest absolute Gasteiger partial charge is 0.296 e. The molecule has 2 aliphatic rings. The fourth-order valence-corrected chi connectivity index (χ4v) is 4.16. The van der Waals surface area contributed by atoms with Gasteiger partial charge in [-0.2, -0.15) is 5.10 Å². The summed E-state index contributed by atoms with van der Waals surface area (Å²) in [5.41, 5.74) is 4.30. The number of fused-ring (bicyclic) bond motifs is 1. The van der Waals surface area contributed by atoms with Crippen LogP contribution in [0.2, 0.25) is 0 Å². The van der Waals surface area contributed by atoms with Crippen molar-refractivity contribution in [1.29, 1.82) is 0 Å². The lowest BCUT2D eigenvalue weighted by Crippen LogP contribution is -2.31. The third kappa shape index (κ3) is 2.55. The van der Waals surface area contributed by atoms with E-state index in [9.17, 15) is 9.18 Å². The van der Waals surface area contributed by atoms with Gasteiger partial charge in [0.2, 0.25) is 0 Å². The zero-order chi connectivity index (χ0) is 18.4. The molecule has 1 aromatic heterocycles. The average molecular weight is 358 g/mol. The maximum absolute atomic E-state index is 13.6. The van der Waals surface area contributed by atoms with Crippen molar-refractivity contribution in [1.82, 2.24) is 9.78 Å². The predicted molar refractivity (Wildman–Crippen MR) is 102 cm³/mol. The Morgan fingerprint density at radius 1 is 1.04 bits per heavy atom. The summed E-state index contributed by atoms with van der Waals surface area (Å²) in [5.74, 6) is -0.242. The van der Waals surface area contributed by atoms with Gasteiger partial charge in [-0.3, -0.25) is 9.48 Å². The molecule has 1 heterocycles. The Kier molecular flexibility index (Phi) is 3.61. The monoisotopic (exact) mass is 358 g/mol. The van der Waals surface area contributed by atoms with Crippen molar-refractivity contribution in [2.24, 2.45) is 0 Å². The van der Waals surface area contributed by atoms with Gasteiger partial charge in [0, 0.05) is 23.1 Å². The molecule has 2 aromatic carbocycles. The number of hydrogen-bond donors (Lipinski definition) is 0. The van der Waals surface area contributed by atoms with Gasteiger partial charge in [0.1, 0.15) is 11.5 Å². The maximum Gasteiger partial charge on any atom is 0.170 e. The summed E-state index contributed by atoms with van der Waals surface area (Å²) >= 11 is 0. The molecule has 1 atom stereocenters. The Balaban J connectivity index is 1.72. The van der Waals surface area contributed by atoms with Crippen molar-refractivity contribution in [2.75, 3.05) is 0 Å². The topological polar surface area (TPSA) is 34.9 Å². The number of benzene rings is 2. The number of allylic oxidation sites excluding steroid dienone is 1. The summed E-state index contributed by atoms with van der Waals surface area (Å²) in [6, 6.07) is 17.4. The van der Waals surface area contributed by atoms with E-state index in [1.807, 2.05) is 41.1 Å². The van der Waals surface area contributed by atoms with Gasteiger partial charge in [-0.1, -0.05) is 54.6 Å². The van der Waals surface area contributed by atoms with Crippen molar-refractivity contribution >= 4 is 12.4 Å². The van der Waals surface area contributed by atoms with Crippen LogP contribution in [0.4, 0.5) is 4.39 Å². The Morgan fingerprint density at radius 2 is 1.74 bits per heavy atom. The smallest absolute Gasteiger partial charge is 0.170 e. The highest BCUT2D eigenvalue weighted by Gasteiger charge is 2.39. The van der Waals surface area contributed by atoms with Gasteiger partial charge in [0.05, 0.1) is 6.04 Å². The molecule has 1 fully saturated rings. The SMILES string of the molecule is O=Cc1nn(C2CC2)c2c1C=CC(c1ccccc1)(c1ccc(F)cc1)C2. The number of aldehydes is 1. The van der Waals surface area contributed by atoms with Crippen LogP contribution in [0.15, 0.2) is 60.7 Å². The van der Waals surface area contributed by atoms with Gasteiger partial charge in [-0.15, -0.1) is 0 Å². The number of rotatable bonds is 4. The summed E-state index contributed by atoms with van der Waals surface area (Å²) in [7, 11) is 0. The first-order valence-corrected chi connectivity index (χ1v) is 9.29. The molecule has 0 amide bonds. The van der Waals surface area contributed by atoms with Crippen LogP contribution in [0.5, 0.6) is 0 Å². The minimum absolute atomic E-state index is 0.242. The number of carbonyl (C=O) groups excluding carboxylic acids is 1. The molecule has 134 valence electrons. The number of hydrogen-bond acceptors (Lipinski definition) is 2. The molecule has 1 unspecified atom stereocenters.